The van der Waals surface area contributed by atoms with Crippen LogP contribution in [0.3, 0.4) is 0 Å². The molecule has 1 rings (SSSR count). The highest BCUT2D eigenvalue weighted by Crippen LogP contribution is 2.09. The molecule has 0 spiro atoms. The molecular formula is C11H14N2. The van der Waals surface area contributed by atoms with Gasteiger partial charge in [-0.15, -0.1) is 0 Å². The quantitative estimate of drug-likeness (QED) is 0.561. The van der Waals surface area contributed by atoms with Crippen LogP contribution in [-0.2, 0) is 6.54 Å². The number of rotatable bonds is 3. The van der Waals surface area contributed by atoms with E-state index in [0.717, 1.165) is 6.54 Å². The highest BCUT2D eigenvalue weighted by Gasteiger charge is 1.95. The average molecular weight is 174 g/mol. The molecule has 0 amide bonds. The zero-order valence-electron chi connectivity index (χ0n) is 8.09. The van der Waals surface area contributed by atoms with Crippen molar-refractivity contribution in [3.05, 3.63) is 34.9 Å². The Morgan fingerprint density at radius 2 is 2.08 bits per heavy atom. The molecule has 13 heavy (non-hydrogen) atoms. The molecule has 0 aliphatic rings. The van der Waals surface area contributed by atoms with E-state index in [-0.39, 0.29) is 0 Å². The lowest BCUT2D eigenvalue weighted by molar-refractivity contribution is 0.764. The molecule has 0 fully saturated rings. The lowest BCUT2D eigenvalue weighted by atomic mass is 10.1. The maximum atomic E-state index is 8.33. The van der Waals surface area contributed by atoms with Gasteiger partial charge in [0.15, 0.2) is 0 Å². The van der Waals surface area contributed by atoms with Gasteiger partial charge in [0.05, 0.1) is 12.6 Å². The summed E-state index contributed by atoms with van der Waals surface area (Å²) in [6.07, 6.45) is 0. The van der Waals surface area contributed by atoms with Crippen LogP contribution in [-0.4, -0.2) is 6.54 Å². The standard InChI is InChI=1S/C11H14N2/c1-9-3-4-11(7-10(9)2)8-13-6-5-12/h3-4,7,13H,6,8H2,1-2H3. The van der Waals surface area contributed by atoms with Gasteiger partial charge in [-0.05, 0) is 30.5 Å². The Bertz CT molecular complexity index is 323. The number of nitrogens with zero attached hydrogens (tertiary/aromatic N) is 1. The third-order valence-electron chi connectivity index (χ3n) is 2.10. The lowest BCUT2D eigenvalue weighted by Gasteiger charge is -2.04. The second kappa shape index (κ2) is 4.64. The first-order chi connectivity index (χ1) is 6.24. The predicted molar refractivity (Wildman–Crippen MR) is 53.2 cm³/mol. The van der Waals surface area contributed by atoms with Crippen molar-refractivity contribution in [3.63, 3.8) is 0 Å². The van der Waals surface area contributed by atoms with Gasteiger partial charge in [0.25, 0.3) is 0 Å². The van der Waals surface area contributed by atoms with Crippen LogP contribution in [0, 0.1) is 25.2 Å². The SMILES string of the molecule is Cc1ccc(CNCC#N)cc1C. The van der Waals surface area contributed by atoms with Crippen LogP contribution >= 0.6 is 0 Å². The van der Waals surface area contributed by atoms with Crippen molar-refractivity contribution in [3.8, 4) is 6.07 Å². The van der Waals surface area contributed by atoms with Gasteiger partial charge in [0.2, 0.25) is 0 Å². The maximum absolute atomic E-state index is 8.33. The van der Waals surface area contributed by atoms with Crippen LogP contribution in [0.4, 0.5) is 0 Å². The second-order valence-corrected chi connectivity index (χ2v) is 3.18. The van der Waals surface area contributed by atoms with Crippen molar-refractivity contribution < 1.29 is 0 Å². The molecule has 0 unspecified atom stereocenters. The molecule has 0 aromatic heterocycles. The molecule has 0 aliphatic carbocycles. The summed E-state index contributed by atoms with van der Waals surface area (Å²) >= 11 is 0. The van der Waals surface area contributed by atoms with Crippen LogP contribution in [0.2, 0.25) is 0 Å². The summed E-state index contributed by atoms with van der Waals surface area (Å²) in [5.74, 6) is 0. The van der Waals surface area contributed by atoms with Gasteiger partial charge in [0, 0.05) is 6.54 Å². The molecule has 2 nitrogen and oxygen atoms in total. The zero-order chi connectivity index (χ0) is 9.68. The molecule has 0 aliphatic heterocycles. The number of aryl methyl sites for hydroxylation is 2. The Kier molecular flexibility index (Phi) is 3.48. The van der Waals surface area contributed by atoms with Gasteiger partial charge in [-0.2, -0.15) is 5.26 Å². The molecule has 1 N–H and O–H groups in total. The average Bonchev–Trinajstić information content (AvgIpc) is 2.12. The monoisotopic (exact) mass is 174 g/mol. The normalized spacial score (nSPS) is 9.62. The minimum atomic E-state index is 0.410. The van der Waals surface area contributed by atoms with Gasteiger partial charge in [0.1, 0.15) is 0 Å². The summed E-state index contributed by atoms with van der Waals surface area (Å²) in [5, 5.41) is 11.4. The summed E-state index contributed by atoms with van der Waals surface area (Å²) in [4.78, 5) is 0. The molecule has 2 heteroatoms. The molecule has 0 heterocycles. The Morgan fingerprint density at radius 3 is 2.69 bits per heavy atom. The summed E-state index contributed by atoms with van der Waals surface area (Å²) in [6, 6.07) is 8.41. The highest BCUT2D eigenvalue weighted by molar-refractivity contribution is 5.29. The highest BCUT2D eigenvalue weighted by atomic mass is 14.8. The van der Waals surface area contributed by atoms with E-state index in [9.17, 15) is 0 Å². The van der Waals surface area contributed by atoms with E-state index in [1.807, 2.05) is 0 Å². The van der Waals surface area contributed by atoms with Crippen LogP contribution in [0.25, 0.3) is 0 Å². The van der Waals surface area contributed by atoms with Gasteiger partial charge in [-0.1, -0.05) is 18.2 Å². The van der Waals surface area contributed by atoms with E-state index in [0.29, 0.717) is 6.54 Å². The summed E-state index contributed by atoms with van der Waals surface area (Å²) in [6.45, 7) is 5.38. The number of hydrogen-bond donors (Lipinski definition) is 1. The smallest absolute Gasteiger partial charge is 0.0843 e. The second-order valence-electron chi connectivity index (χ2n) is 3.18. The maximum Gasteiger partial charge on any atom is 0.0843 e. The van der Waals surface area contributed by atoms with Crippen molar-refractivity contribution >= 4 is 0 Å². The number of nitriles is 1. The molecule has 0 saturated heterocycles. The number of benzene rings is 1. The Morgan fingerprint density at radius 1 is 1.31 bits per heavy atom. The fourth-order valence-corrected chi connectivity index (χ4v) is 1.18. The Labute approximate surface area is 79.2 Å². The van der Waals surface area contributed by atoms with E-state index < -0.39 is 0 Å². The van der Waals surface area contributed by atoms with Gasteiger partial charge in [-0.25, -0.2) is 0 Å². The molecule has 68 valence electrons. The molecule has 0 saturated carbocycles. The van der Waals surface area contributed by atoms with Crippen molar-refractivity contribution in [1.82, 2.24) is 5.32 Å². The van der Waals surface area contributed by atoms with Crippen molar-refractivity contribution in [2.45, 2.75) is 20.4 Å². The third kappa shape index (κ3) is 2.89. The minimum Gasteiger partial charge on any atom is -0.300 e. The van der Waals surface area contributed by atoms with Crippen LogP contribution < -0.4 is 5.32 Å². The minimum absolute atomic E-state index is 0.410. The van der Waals surface area contributed by atoms with E-state index in [2.05, 4.69) is 43.4 Å². The van der Waals surface area contributed by atoms with Crippen LogP contribution in [0.1, 0.15) is 16.7 Å². The first kappa shape index (κ1) is 9.76. The van der Waals surface area contributed by atoms with E-state index in [1.165, 1.54) is 16.7 Å². The molecule has 1 aromatic carbocycles. The van der Waals surface area contributed by atoms with Crippen LogP contribution in [0.5, 0.6) is 0 Å². The topological polar surface area (TPSA) is 35.8 Å². The molecular weight excluding hydrogens is 160 g/mol. The largest absolute Gasteiger partial charge is 0.300 e. The zero-order valence-corrected chi connectivity index (χ0v) is 8.09. The van der Waals surface area contributed by atoms with Gasteiger partial charge >= 0.3 is 0 Å². The summed E-state index contributed by atoms with van der Waals surface area (Å²) in [5.41, 5.74) is 3.85. The fraction of sp³-hybridized carbons (Fsp3) is 0.364. The molecule has 0 radical (unpaired) electrons. The third-order valence-corrected chi connectivity index (χ3v) is 2.10. The van der Waals surface area contributed by atoms with Gasteiger partial charge < -0.3 is 5.32 Å². The summed E-state index contributed by atoms with van der Waals surface area (Å²) in [7, 11) is 0. The molecule has 1 aromatic rings. The Hall–Kier alpha value is -1.33. The molecule has 0 bridgehead atoms. The number of nitrogens with one attached hydrogen (secondary N) is 1. The first-order valence-electron chi connectivity index (χ1n) is 4.38. The summed E-state index contributed by atoms with van der Waals surface area (Å²) < 4.78 is 0. The van der Waals surface area contributed by atoms with Crippen molar-refractivity contribution in [1.29, 1.82) is 5.26 Å². The lowest BCUT2D eigenvalue weighted by Crippen LogP contribution is -2.12. The van der Waals surface area contributed by atoms with Crippen molar-refractivity contribution in [2.75, 3.05) is 6.54 Å². The van der Waals surface area contributed by atoms with E-state index in [4.69, 9.17) is 5.26 Å². The fourth-order valence-electron chi connectivity index (χ4n) is 1.18. The number of hydrogen-bond acceptors (Lipinski definition) is 2. The van der Waals surface area contributed by atoms with Crippen molar-refractivity contribution in [2.24, 2.45) is 0 Å². The van der Waals surface area contributed by atoms with Crippen LogP contribution in [0.15, 0.2) is 18.2 Å². The Balaban J connectivity index is 2.59. The van der Waals surface area contributed by atoms with E-state index >= 15 is 0 Å². The van der Waals surface area contributed by atoms with E-state index in [1.54, 1.807) is 0 Å². The first-order valence-corrected chi connectivity index (χ1v) is 4.38. The predicted octanol–water partition coefficient (Wildman–Crippen LogP) is 1.92. The van der Waals surface area contributed by atoms with Gasteiger partial charge in [-0.3, -0.25) is 0 Å². The molecule has 0 atom stereocenters.